The van der Waals surface area contributed by atoms with E-state index in [0.717, 1.165) is 11.6 Å². The van der Waals surface area contributed by atoms with Gasteiger partial charge in [0.2, 0.25) is 0 Å². The van der Waals surface area contributed by atoms with Gasteiger partial charge in [0.25, 0.3) is 0 Å². The van der Waals surface area contributed by atoms with Crippen molar-refractivity contribution in [1.82, 2.24) is 0 Å². The molecule has 1 aromatic carbocycles. The maximum absolute atomic E-state index is 10.2. The average molecular weight is 227 g/mol. The smallest absolute Gasteiger partial charge is 0.327 e. The molecular weight excluding hydrogens is 216 g/mol. The van der Waals surface area contributed by atoms with Crippen LogP contribution in [0, 0.1) is 0 Å². The van der Waals surface area contributed by atoms with E-state index in [2.05, 4.69) is 0 Å². The summed E-state index contributed by atoms with van der Waals surface area (Å²) in [6, 6.07) is 5.30. The normalized spacial score (nSPS) is 10.5. The monoisotopic (exact) mass is 226 g/mol. The highest BCUT2D eigenvalue weighted by Crippen LogP contribution is 2.22. The van der Waals surface area contributed by atoms with E-state index in [1.165, 1.54) is 0 Å². The van der Waals surface area contributed by atoms with Gasteiger partial charge in [-0.15, -0.1) is 0 Å². The number of carboxylic acid groups (broad SMARTS) is 1. The maximum atomic E-state index is 10.2. The Kier molecular flexibility index (Phi) is 4.18. The lowest BCUT2D eigenvalue weighted by Crippen LogP contribution is -1.89. The second-order valence-electron chi connectivity index (χ2n) is 2.90. The maximum Gasteiger partial charge on any atom is 0.327 e. The predicted molar refractivity (Wildman–Crippen MR) is 58.5 cm³/mol. The summed E-state index contributed by atoms with van der Waals surface area (Å²) in [4.78, 5) is 10.2. The first-order valence-corrected chi connectivity index (χ1v) is 4.73. The molecule has 1 aromatic rings. The van der Waals surface area contributed by atoms with Crippen LogP contribution in [0.3, 0.4) is 0 Å². The Morgan fingerprint density at radius 1 is 1.60 bits per heavy atom. The minimum atomic E-state index is -0.959. The van der Waals surface area contributed by atoms with Crippen LogP contribution in [-0.2, 0) is 11.2 Å². The zero-order valence-electron chi connectivity index (χ0n) is 8.24. The Hall–Kier alpha value is -1.48. The van der Waals surface area contributed by atoms with Gasteiger partial charge in [-0.3, -0.25) is 0 Å². The van der Waals surface area contributed by atoms with Crippen LogP contribution in [0.15, 0.2) is 30.4 Å². The first-order valence-electron chi connectivity index (χ1n) is 4.35. The predicted octanol–water partition coefficient (Wildman–Crippen LogP) is 2.53. The second kappa shape index (κ2) is 5.41. The molecule has 0 radical (unpaired) electrons. The molecule has 0 aliphatic rings. The van der Waals surface area contributed by atoms with Crippen LogP contribution in [0.25, 0.3) is 0 Å². The van der Waals surface area contributed by atoms with Crippen molar-refractivity contribution in [1.29, 1.82) is 0 Å². The molecule has 0 saturated carbocycles. The van der Waals surface area contributed by atoms with E-state index < -0.39 is 5.97 Å². The molecule has 0 aromatic heterocycles. The zero-order chi connectivity index (χ0) is 11.3. The molecule has 3 nitrogen and oxygen atoms in total. The lowest BCUT2D eigenvalue weighted by molar-refractivity contribution is -0.131. The summed E-state index contributed by atoms with van der Waals surface area (Å²) in [5.41, 5.74) is 0.870. The van der Waals surface area contributed by atoms with Crippen LogP contribution in [0.1, 0.15) is 5.56 Å². The summed E-state index contributed by atoms with van der Waals surface area (Å²) < 4.78 is 5.00. The van der Waals surface area contributed by atoms with Crippen LogP contribution >= 0.6 is 11.6 Å². The Bertz CT molecular complexity index is 385. The summed E-state index contributed by atoms with van der Waals surface area (Å²) in [5.74, 6) is -0.273. The molecule has 1 rings (SSSR count). The topological polar surface area (TPSA) is 46.5 Å². The van der Waals surface area contributed by atoms with Gasteiger partial charge in [0, 0.05) is 11.1 Å². The third kappa shape index (κ3) is 3.64. The molecule has 4 heteroatoms. The van der Waals surface area contributed by atoms with E-state index in [1.807, 2.05) is 6.07 Å². The molecule has 0 amide bonds. The average Bonchev–Trinajstić information content (AvgIpc) is 2.20. The van der Waals surface area contributed by atoms with E-state index in [-0.39, 0.29) is 0 Å². The van der Waals surface area contributed by atoms with E-state index >= 15 is 0 Å². The van der Waals surface area contributed by atoms with Gasteiger partial charge in [0.05, 0.1) is 7.11 Å². The van der Waals surface area contributed by atoms with Crippen molar-refractivity contribution in [3.63, 3.8) is 0 Å². The van der Waals surface area contributed by atoms with Gasteiger partial charge in [0.1, 0.15) is 5.75 Å². The van der Waals surface area contributed by atoms with Gasteiger partial charge < -0.3 is 9.84 Å². The molecule has 80 valence electrons. The highest BCUT2D eigenvalue weighted by Gasteiger charge is 2.00. The van der Waals surface area contributed by atoms with E-state index in [1.54, 1.807) is 25.3 Å². The zero-order valence-corrected chi connectivity index (χ0v) is 8.99. The van der Waals surface area contributed by atoms with Crippen molar-refractivity contribution in [2.24, 2.45) is 0 Å². The molecule has 0 spiro atoms. The fourth-order valence-corrected chi connectivity index (χ4v) is 1.35. The van der Waals surface area contributed by atoms with Gasteiger partial charge in [-0.25, -0.2) is 4.79 Å². The number of carbonyl (C=O) groups is 1. The fourth-order valence-electron chi connectivity index (χ4n) is 1.11. The molecule has 0 aliphatic heterocycles. The van der Waals surface area contributed by atoms with Gasteiger partial charge in [0.15, 0.2) is 0 Å². The summed E-state index contributed by atoms with van der Waals surface area (Å²) >= 11 is 5.96. The molecule has 0 aliphatic carbocycles. The summed E-state index contributed by atoms with van der Waals surface area (Å²) in [7, 11) is 1.57. The Labute approximate surface area is 92.9 Å². The molecule has 15 heavy (non-hydrogen) atoms. The van der Waals surface area contributed by atoms with Crippen molar-refractivity contribution in [2.45, 2.75) is 6.42 Å². The minimum absolute atomic E-state index is 0.495. The van der Waals surface area contributed by atoms with Crippen molar-refractivity contribution in [3.05, 3.63) is 40.9 Å². The van der Waals surface area contributed by atoms with Crippen LogP contribution < -0.4 is 4.74 Å². The number of methoxy groups -OCH3 is 1. The molecule has 0 fully saturated rings. The molecular formula is C11H11ClO3. The number of aliphatic carboxylic acids is 1. The van der Waals surface area contributed by atoms with Gasteiger partial charge >= 0.3 is 5.97 Å². The van der Waals surface area contributed by atoms with Crippen LogP contribution in [-0.4, -0.2) is 18.2 Å². The van der Waals surface area contributed by atoms with E-state index in [9.17, 15) is 4.79 Å². The van der Waals surface area contributed by atoms with E-state index in [0.29, 0.717) is 17.2 Å². The number of rotatable bonds is 4. The van der Waals surface area contributed by atoms with Gasteiger partial charge in [-0.2, -0.15) is 0 Å². The molecule has 0 atom stereocenters. The van der Waals surface area contributed by atoms with Crippen LogP contribution in [0.2, 0.25) is 5.02 Å². The third-order valence-electron chi connectivity index (χ3n) is 1.86. The van der Waals surface area contributed by atoms with Crippen molar-refractivity contribution >= 4 is 17.6 Å². The number of ether oxygens (including phenoxy) is 1. The lowest BCUT2D eigenvalue weighted by atomic mass is 10.1. The molecule has 0 saturated heterocycles. The van der Waals surface area contributed by atoms with Crippen molar-refractivity contribution in [2.75, 3.05) is 7.11 Å². The first-order chi connectivity index (χ1) is 7.13. The number of carboxylic acids is 1. The highest BCUT2D eigenvalue weighted by molar-refractivity contribution is 6.31. The Balaban J connectivity index is 2.74. The molecule has 0 unspecified atom stereocenters. The van der Waals surface area contributed by atoms with Gasteiger partial charge in [-0.05, 0) is 24.1 Å². The molecule has 0 heterocycles. The Morgan fingerprint density at radius 3 is 2.87 bits per heavy atom. The number of hydrogen-bond acceptors (Lipinski definition) is 2. The standard InChI is InChI=1S/C11H11ClO3/c1-15-9-6-5-8(10(12)7-9)3-2-4-11(13)14/h2,4-7H,3H2,1H3,(H,13,14). The van der Waals surface area contributed by atoms with Crippen molar-refractivity contribution in [3.8, 4) is 5.75 Å². The van der Waals surface area contributed by atoms with Crippen LogP contribution in [0.5, 0.6) is 5.75 Å². The number of benzene rings is 1. The summed E-state index contributed by atoms with van der Waals surface area (Å²) in [6.07, 6.45) is 3.14. The molecule has 0 bridgehead atoms. The number of halogens is 1. The largest absolute Gasteiger partial charge is 0.497 e. The fraction of sp³-hybridized carbons (Fsp3) is 0.182. The van der Waals surface area contributed by atoms with Crippen LogP contribution in [0.4, 0.5) is 0 Å². The number of hydrogen-bond donors (Lipinski definition) is 1. The lowest BCUT2D eigenvalue weighted by Gasteiger charge is -2.03. The third-order valence-corrected chi connectivity index (χ3v) is 2.21. The highest BCUT2D eigenvalue weighted by atomic mass is 35.5. The molecule has 1 N–H and O–H groups in total. The quantitative estimate of drug-likeness (QED) is 0.803. The number of allylic oxidation sites excluding steroid dienone is 1. The van der Waals surface area contributed by atoms with Gasteiger partial charge in [-0.1, -0.05) is 23.7 Å². The first kappa shape index (κ1) is 11.6. The van der Waals surface area contributed by atoms with Crippen molar-refractivity contribution < 1.29 is 14.6 Å². The summed E-state index contributed by atoms with van der Waals surface area (Å²) in [5, 5.41) is 8.98. The SMILES string of the molecule is COc1ccc(CC=CC(=O)O)c(Cl)c1. The minimum Gasteiger partial charge on any atom is -0.497 e. The van der Waals surface area contributed by atoms with E-state index in [4.69, 9.17) is 21.4 Å². The second-order valence-corrected chi connectivity index (χ2v) is 3.31. The summed E-state index contributed by atoms with van der Waals surface area (Å²) in [6.45, 7) is 0. The Morgan fingerprint density at radius 2 is 2.33 bits per heavy atom.